The fourth-order valence-corrected chi connectivity index (χ4v) is 8.53. The minimum Gasteiger partial charge on any atom is -0.477 e. The molecule has 5 aliphatic heterocycles. The number of aliphatic carboxylic acids is 1. The first-order valence-electron chi connectivity index (χ1n) is 21.2. The van der Waals surface area contributed by atoms with Gasteiger partial charge in [-0.05, 0) is 0 Å². The number of aliphatic hydroxyl groups is 16. The summed E-state index contributed by atoms with van der Waals surface area (Å²) in [6.45, 7) is -3.28. The number of carboxylic acid groups (broad SMARTS) is 1. The number of aliphatic hydroxyl groups excluding tert-OH is 16. The maximum absolute atomic E-state index is 13.0. The summed E-state index contributed by atoms with van der Waals surface area (Å²) >= 11 is 0. The van der Waals surface area contributed by atoms with E-state index < -0.39 is 216 Å². The van der Waals surface area contributed by atoms with Gasteiger partial charge >= 0.3 is 5.97 Å². The highest BCUT2D eigenvalue weighted by Crippen LogP contribution is 2.39. The number of hydrogen-bond donors (Lipinski definition) is 19. The highest BCUT2D eigenvalue weighted by Gasteiger charge is 2.61. The minimum absolute atomic E-state index is 0.818. The monoisotopic (exact) mass is 998 g/mol. The van der Waals surface area contributed by atoms with E-state index in [4.69, 9.17) is 42.6 Å². The third-order valence-corrected chi connectivity index (χ3v) is 12.1. The van der Waals surface area contributed by atoms with Gasteiger partial charge in [-0.3, -0.25) is 9.59 Å². The van der Waals surface area contributed by atoms with Crippen LogP contribution in [0.2, 0.25) is 0 Å². The van der Waals surface area contributed by atoms with Gasteiger partial charge in [-0.2, -0.15) is 0 Å². The lowest BCUT2D eigenvalue weighted by atomic mass is 9.88. The van der Waals surface area contributed by atoms with Crippen molar-refractivity contribution in [2.45, 2.75) is 179 Å². The van der Waals surface area contributed by atoms with Crippen LogP contribution in [0.5, 0.6) is 0 Å². The van der Waals surface area contributed by atoms with Gasteiger partial charge in [0.05, 0.1) is 45.2 Å². The van der Waals surface area contributed by atoms with E-state index in [2.05, 4.69) is 10.6 Å². The lowest BCUT2D eigenvalue weighted by Crippen LogP contribution is -2.71. The van der Waals surface area contributed by atoms with Gasteiger partial charge in [0, 0.05) is 20.3 Å². The molecular formula is C37H62N2O29. The number of carbonyl (C=O) groups is 3. The molecule has 0 saturated carbocycles. The van der Waals surface area contributed by atoms with Gasteiger partial charge < -0.3 is 140 Å². The average Bonchev–Trinajstić information content (AvgIpc) is 3.29. The number of rotatable bonds is 18. The Kier molecular flexibility index (Phi) is 19.7. The van der Waals surface area contributed by atoms with Crippen LogP contribution in [0.3, 0.4) is 0 Å². The summed E-state index contributed by atoms with van der Waals surface area (Å²) < 4.78 is 50.7. The van der Waals surface area contributed by atoms with Gasteiger partial charge in [0.2, 0.25) is 11.8 Å². The molecule has 0 radical (unpaired) electrons. The molecule has 0 spiro atoms. The minimum atomic E-state index is -3.19. The van der Waals surface area contributed by atoms with Gasteiger partial charge in [0.15, 0.2) is 25.2 Å². The first-order valence-corrected chi connectivity index (χ1v) is 21.2. The maximum Gasteiger partial charge on any atom is 0.364 e. The van der Waals surface area contributed by atoms with Crippen LogP contribution in [-0.2, 0) is 57.0 Å². The Bertz CT molecular complexity index is 1660. The number of carboxylic acids is 1. The summed E-state index contributed by atoms with van der Waals surface area (Å²) in [5, 5.41) is 185. The molecule has 0 aromatic rings. The molecule has 31 nitrogen and oxygen atoms in total. The van der Waals surface area contributed by atoms with Crippen molar-refractivity contribution in [2.75, 3.05) is 33.0 Å². The van der Waals surface area contributed by atoms with E-state index in [0.29, 0.717) is 0 Å². The van der Waals surface area contributed by atoms with Gasteiger partial charge in [-0.1, -0.05) is 0 Å². The van der Waals surface area contributed by atoms with Crippen molar-refractivity contribution in [3.8, 4) is 0 Å². The molecule has 5 fully saturated rings. The molecule has 2 amide bonds. The van der Waals surface area contributed by atoms with Crippen molar-refractivity contribution in [2.24, 2.45) is 0 Å². The number of carbonyl (C=O) groups excluding carboxylic acids is 2. The summed E-state index contributed by atoms with van der Waals surface area (Å²) in [6.07, 6.45) is -47.6. The average molecular weight is 999 g/mol. The number of hydrogen-bond acceptors (Lipinski definition) is 28. The van der Waals surface area contributed by atoms with E-state index in [9.17, 15) is 101 Å². The fourth-order valence-electron chi connectivity index (χ4n) is 8.53. The molecule has 31 heteroatoms. The zero-order valence-corrected chi connectivity index (χ0v) is 36.2. The van der Waals surface area contributed by atoms with Crippen molar-refractivity contribution >= 4 is 17.8 Å². The Hall–Kier alpha value is -2.59. The second kappa shape index (κ2) is 23.8. The van der Waals surface area contributed by atoms with Crippen molar-refractivity contribution < 1.29 is 144 Å². The lowest BCUT2D eigenvalue weighted by Gasteiger charge is -2.51. The molecule has 2 unspecified atom stereocenters. The molecule has 0 bridgehead atoms. The van der Waals surface area contributed by atoms with E-state index in [1.165, 1.54) is 0 Å². The van der Waals surface area contributed by atoms with Crippen LogP contribution < -0.4 is 10.6 Å². The van der Waals surface area contributed by atoms with Crippen molar-refractivity contribution in [3.05, 3.63) is 0 Å². The molecule has 0 aromatic carbocycles. The van der Waals surface area contributed by atoms with Crippen molar-refractivity contribution in [1.82, 2.24) is 10.6 Å². The highest BCUT2D eigenvalue weighted by molar-refractivity contribution is 5.76. The van der Waals surface area contributed by atoms with Gasteiger partial charge in [-0.15, -0.1) is 0 Å². The van der Waals surface area contributed by atoms with Crippen LogP contribution in [-0.4, -0.2) is 297 Å². The molecular weight excluding hydrogens is 936 g/mol. The van der Waals surface area contributed by atoms with E-state index in [1.54, 1.807) is 0 Å². The molecule has 0 aromatic heterocycles. The van der Waals surface area contributed by atoms with Gasteiger partial charge in [-0.25, -0.2) is 4.79 Å². The molecule has 26 atom stereocenters. The third kappa shape index (κ3) is 11.8. The Balaban J connectivity index is 1.45. The predicted octanol–water partition coefficient (Wildman–Crippen LogP) is -12.4. The summed E-state index contributed by atoms with van der Waals surface area (Å²) in [4.78, 5) is 37.7. The topological polar surface area (TPSA) is 502 Å². The number of amides is 2. The second-order valence-corrected chi connectivity index (χ2v) is 16.8. The molecule has 0 aliphatic carbocycles. The van der Waals surface area contributed by atoms with E-state index in [0.717, 1.165) is 13.8 Å². The van der Waals surface area contributed by atoms with Crippen LogP contribution in [0.25, 0.3) is 0 Å². The summed E-state index contributed by atoms with van der Waals surface area (Å²) in [6, 6.07) is -3.51. The largest absolute Gasteiger partial charge is 0.477 e. The predicted molar refractivity (Wildman–Crippen MR) is 207 cm³/mol. The zero-order chi connectivity index (χ0) is 50.7. The molecule has 394 valence electrons. The first kappa shape index (κ1) is 56.3. The van der Waals surface area contributed by atoms with E-state index >= 15 is 0 Å². The fraction of sp³-hybridized carbons (Fsp3) is 0.919. The third-order valence-electron chi connectivity index (χ3n) is 12.1. The molecule has 5 heterocycles. The normalized spacial score (nSPS) is 46.6. The van der Waals surface area contributed by atoms with Crippen molar-refractivity contribution in [3.63, 3.8) is 0 Å². The quantitative estimate of drug-likeness (QED) is 0.0606. The van der Waals surface area contributed by atoms with E-state index in [1.807, 2.05) is 0 Å². The number of nitrogens with one attached hydrogen (secondary N) is 2. The van der Waals surface area contributed by atoms with Gasteiger partial charge in [0.1, 0.15) is 116 Å². The Labute approximate surface area is 384 Å². The number of ether oxygens (including phenoxy) is 9. The first-order chi connectivity index (χ1) is 32.0. The van der Waals surface area contributed by atoms with E-state index in [-0.39, 0.29) is 0 Å². The highest BCUT2D eigenvalue weighted by atomic mass is 16.8. The maximum atomic E-state index is 13.0. The molecule has 5 saturated heterocycles. The Morgan fingerprint density at radius 3 is 1.53 bits per heavy atom. The summed E-state index contributed by atoms with van der Waals surface area (Å²) in [5.74, 6) is -6.99. The van der Waals surface area contributed by atoms with Crippen LogP contribution >= 0.6 is 0 Å². The SMILES string of the molecule is CC(=O)N[C@H]1[C@H](O[C@H]2[C@@H](O)[C@@H](CO)O[C@@H](O[C@H]3[C@H](O)[C@@H](O)C(O)O[C@@H]3CO)[C@@H]2O)O[C@H](CO)[C@@H](O)[C@@H]1O[C@@H]1O[C@H](CO)[C@H](O)[C@H](O[C@]2(C(=O)O)C[C@H](O)[C@@H](NC(C)=O)C([C@H](O)[C@H](O)CO)O2)[C@H]1O. The van der Waals surface area contributed by atoms with Crippen LogP contribution in [0, 0.1) is 0 Å². The summed E-state index contributed by atoms with van der Waals surface area (Å²) in [5.41, 5.74) is 0. The smallest absolute Gasteiger partial charge is 0.364 e. The van der Waals surface area contributed by atoms with Crippen LogP contribution in [0.4, 0.5) is 0 Å². The summed E-state index contributed by atoms with van der Waals surface area (Å²) in [7, 11) is 0. The molecule has 19 N–H and O–H groups in total. The van der Waals surface area contributed by atoms with Crippen LogP contribution in [0.1, 0.15) is 20.3 Å². The Morgan fingerprint density at radius 1 is 0.574 bits per heavy atom. The molecule has 68 heavy (non-hydrogen) atoms. The second-order valence-electron chi connectivity index (χ2n) is 16.8. The van der Waals surface area contributed by atoms with Gasteiger partial charge in [0.25, 0.3) is 5.79 Å². The molecule has 5 rings (SSSR count). The Morgan fingerprint density at radius 2 is 1.03 bits per heavy atom. The van der Waals surface area contributed by atoms with Crippen molar-refractivity contribution in [1.29, 1.82) is 0 Å². The molecule has 5 aliphatic rings. The van der Waals surface area contributed by atoms with Crippen LogP contribution in [0.15, 0.2) is 0 Å². The standard InChI is InChI=1S/C37H62N2O29/c1-9(45)38-17-11(47)3-37(36(58)59,67-29(17)19(49)12(48)4-40)68-31-22(52)15(7-43)63-35(26(31)56)65-28-18(39-10(2)46)33(61-13(5-41)20(28)50)66-30-21(51)14(6-42)62-34(25(30)55)64-27-16(8-44)60-32(57)24(54)23(27)53/h11-35,40-44,47-57H,3-8H2,1-2H3,(H,38,45)(H,39,46)(H,58,59)/t11-,12+,13+,14+,15+,16+,17+,18+,19+,20+,21-,22-,23+,24+,25+,26+,27+,28+,29?,30-,31-,32?,33-,34-,35-,37-/m0/s1. The zero-order valence-electron chi connectivity index (χ0n) is 36.2. The lowest BCUT2D eigenvalue weighted by molar-refractivity contribution is -0.389.